The van der Waals surface area contributed by atoms with Crippen LogP contribution in [0.4, 0.5) is 17.1 Å². The Balaban J connectivity index is 1.07. The molecule has 5 nitrogen and oxygen atoms in total. The molecule has 11 rings (SSSR count). The smallest absolute Gasteiger partial charge is 0.164 e. The molecule has 282 valence electrons. The van der Waals surface area contributed by atoms with Crippen molar-refractivity contribution in [2.24, 2.45) is 0 Å². The number of para-hydroxylation sites is 1. The fourth-order valence-corrected chi connectivity index (χ4v) is 8.16. The van der Waals surface area contributed by atoms with E-state index in [-0.39, 0.29) is 0 Å². The van der Waals surface area contributed by atoms with Crippen molar-refractivity contribution in [3.8, 4) is 56.4 Å². The van der Waals surface area contributed by atoms with E-state index in [4.69, 9.17) is 19.4 Å². The molecule has 0 radical (unpaired) electrons. The average molecular weight is 769 g/mol. The van der Waals surface area contributed by atoms with Crippen LogP contribution >= 0.6 is 0 Å². The maximum absolute atomic E-state index is 6.92. The number of anilines is 3. The molecule has 0 aliphatic rings. The van der Waals surface area contributed by atoms with Crippen molar-refractivity contribution in [3.63, 3.8) is 0 Å². The Kier molecular flexibility index (Phi) is 8.75. The molecule has 0 aliphatic carbocycles. The molecule has 0 amide bonds. The first-order chi connectivity index (χ1) is 29.7. The molecule has 0 bridgehead atoms. The van der Waals surface area contributed by atoms with Gasteiger partial charge in [0.25, 0.3) is 0 Å². The number of hydrogen-bond acceptors (Lipinski definition) is 5. The minimum absolute atomic E-state index is 0.585. The average Bonchev–Trinajstić information content (AvgIpc) is 3.70. The monoisotopic (exact) mass is 768 g/mol. The van der Waals surface area contributed by atoms with Gasteiger partial charge in [0.05, 0.1) is 0 Å². The van der Waals surface area contributed by atoms with Gasteiger partial charge in [-0.05, 0) is 88.1 Å². The molecule has 2 aromatic heterocycles. The summed E-state index contributed by atoms with van der Waals surface area (Å²) in [6.07, 6.45) is 0. The number of fused-ring (bicyclic) bond motifs is 4. The molecule has 11 aromatic rings. The lowest BCUT2D eigenvalue weighted by Crippen LogP contribution is -2.09. The van der Waals surface area contributed by atoms with Crippen LogP contribution in [-0.4, -0.2) is 15.0 Å². The van der Waals surface area contributed by atoms with Crippen LogP contribution in [0.15, 0.2) is 223 Å². The van der Waals surface area contributed by atoms with Gasteiger partial charge in [-0.3, -0.25) is 0 Å². The quantitative estimate of drug-likeness (QED) is 0.154. The first kappa shape index (κ1) is 35.0. The fraction of sp³-hybridized carbons (Fsp3) is 0. The number of benzene rings is 9. The van der Waals surface area contributed by atoms with Crippen molar-refractivity contribution < 1.29 is 4.42 Å². The third-order valence-electron chi connectivity index (χ3n) is 11.1. The molecular formula is C55H36N4O. The van der Waals surface area contributed by atoms with Gasteiger partial charge in [0, 0.05) is 50.1 Å². The van der Waals surface area contributed by atoms with Crippen molar-refractivity contribution in [1.82, 2.24) is 15.0 Å². The molecule has 0 spiro atoms. The molecule has 0 saturated heterocycles. The van der Waals surface area contributed by atoms with Crippen LogP contribution in [0.2, 0.25) is 0 Å². The molecular weight excluding hydrogens is 733 g/mol. The van der Waals surface area contributed by atoms with Gasteiger partial charge in [0.15, 0.2) is 17.5 Å². The summed E-state index contributed by atoms with van der Waals surface area (Å²) >= 11 is 0. The van der Waals surface area contributed by atoms with Crippen molar-refractivity contribution >= 4 is 49.8 Å². The molecule has 0 saturated carbocycles. The highest BCUT2D eigenvalue weighted by atomic mass is 16.3. The predicted molar refractivity (Wildman–Crippen MR) is 246 cm³/mol. The van der Waals surface area contributed by atoms with Crippen LogP contribution in [0.1, 0.15) is 0 Å². The molecule has 0 unspecified atom stereocenters. The molecule has 2 heterocycles. The van der Waals surface area contributed by atoms with E-state index >= 15 is 0 Å². The van der Waals surface area contributed by atoms with Gasteiger partial charge >= 0.3 is 0 Å². The Labute approximate surface area is 347 Å². The number of aromatic nitrogens is 3. The highest BCUT2D eigenvalue weighted by Crippen LogP contribution is 2.44. The standard InChI is InChI=1S/C55H36N4O/c1-5-15-37(16-6-1)38-25-29-45(30-26-38)59(44-23-11-4-12-24-44)46-31-27-39(28-32-46)47-33-34-48(51-49-35-42-21-13-14-22-43(42)36-50(49)60-52(47)51)55-57-53(40-17-7-2-8-18-40)56-54(58-55)41-19-9-3-10-20-41/h1-36H. The van der Waals surface area contributed by atoms with E-state index in [0.29, 0.717) is 17.5 Å². The summed E-state index contributed by atoms with van der Waals surface area (Å²) in [5.74, 6) is 1.81. The zero-order chi connectivity index (χ0) is 39.8. The Morgan fingerprint density at radius 2 is 0.767 bits per heavy atom. The van der Waals surface area contributed by atoms with Crippen LogP contribution in [0.3, 0.4) is 0 Å². The predicted octanol–water partition coefficient (Wildman–Crippen LogP) is 14.7. The van der Waals surface area contributed by atoms with Gasteiger partial charge in [-0.15, -0.1) is 0 Å². The van der Waals surface area contributed by atoms with Crippen molar-refractivity contribution in [2.75, 3.05) is 4.90 Å². The lowest BCUT2D eigenvalue weighted by Gasteiger charge is -2.26. The van der Waals surface area contributed by atoms with E-state index in [2.05, 4.69) is 157 Å². The molecule has 5 heteroatoms. The lowest BCUT2D eigenvalue weighted by molar-refractivity contribution is 0.670. The topological polar surface area (TPSA) is 55.1 Å². The van der Waals surface area contributed by atoms with Crippen LogP contribution in [0.5, 0.6) is 0 Å². The minimum atomic E-state index is 0.585. The highest BCUT2D eigenvalue weighted by molar-refractivity contribution is 6.18. The van der Waals surface area contributed by atoms with Crippen molar-refractivity contribution in [2.45, 2.75) is 0 Å². The lowest BCUT2D eigenvalue weighted by atomic mass is 9.97. The van der Waals surface area contributed by atoms with Crippen LogP contribution in [0.25, 0.3) is 89.1 Å². The van der Waals surface area contributed by atoms with Gasteiger partial charge in [-0.25, -0.2) is 15.0 Å². The second-order valence-electron chi connectivity index (χ2n) is 14.8. The Bertz CT molecular complexity index is 3220. The third-order valence-corrected chi connectivity index (χ3v) is 11.1. The van der Waals surface area contributed by atoms with Crippen LogP contribution < -0.4 is 4.90 Å². The van der Waals surface area contributed by atoms with E-state index < -0.39 is 0 Å². The van der Waals surface area contributed by atoms with E-state index in [0.717, 1.165) is 77.6 Å². The summed E-state index contributed by atoms with van der Waals surface area (Å²) < 4.78 is 6.92. The molecule has 0 aliphatic heterocycles. The highest BCUT2D eigenvalue weighted by Gasteiger charge is 2.22. The largest absolute Gasteiger partial charge is 0.455 e. The number of furan rings is 1. The summed E-state index contributed by atoms with van der Waals surface area (Å²) in [5, 5.41) is 4.23. The Morgan fingerprint density at radius 1 is 0.333 bits per heavy atom. The van der Waals surface area contributed by atoms with E-state index in [1.54, 1.807) is 0 Å². The summed E-state index contributed by atoms with van der Waals surface area (Å²) in [4.78, 5) is 17.5. The normalized spacial score (nSPS) is 11.3. The third kappa shape index (κ3) is 6.45. The van der Waals surface area contributed by atoms with E-state index in [1.807, 2.05) is 66.7 Å². The van der Waals surface area contributed by atoms with Gasteiger partial charge < -0.3 is 9.32 Å². The second kappa shape index (κ2) is 15.0. The summed E-state index contributed by atoms with van der Waals surface area (Å²) in [6.45, 7) is 0. The van der Waals surface area contributed by atoms with Crippen molar-refractivity contribution in [1.29, 1.82) is 0 Å². The Morgan fingerprint density at radius 3 is 1.35 bits per heavy atom. The van der Waals surface area contributed by atoms with E-state index in [9.17, 15) is 0 Å². The SMILES string of the molecule is c1ccc(-c2ccc(N(c3ccccc3)c3ccc(-c4ccc(-c5nc(-c6ccccc6)nc(-c6ccccc6)n5)c5c4oc4cc6ccccc6cc45)cc3)cc2)cc1. The number of hydrogen-bond donors (Lipinski definition) is 0. The fourth-order valence-electron chi connectivity index (χ4n) is 8.16. The minimum Gasteiger partial charge on any atom is -0.455 e. The number of nitrogens with zero attached hydrogens (tertiary/aromatic N) is 4. The molecule has 0 fully saturated rings. The second-order valence-corrected chi connectivity index (χ2v) is 14.8. The first-order valence-corrected chi connectivity index (χ1v) is 20.1. The van der Waals surface area contributed by atoms with Crippen molar-refractivity contribution in [3.05, 3.63) is 218 Å². The molecule has 60 heavy (non-hydrogen) atoms. The summed E-state index contributed by atoms with van der Waals surface area (Å²) in [6, 6.07) is 75.7. The maximum atomic E-state index is 6.92. The van der Waals surface area contributed by atoms with Crippen LogP contribution in [0, 0.1) is 0 Å². The first-order valence-electron chi connectivity index (χ1n) is 20.1. The summed E-state index contributed by atoms with van der Waals surface area (Å²) in [5.41, 5.74) is 11.9. The van der Waals surface area contributed by atoms with Gasteiger partial charge in [-0.2, -0.15) is 0 Å². The molecule has 0 N–H and O–H groups in total. The Hall–Kier alpha value is -8.15. The maximum Gasteiger partial charge on any atom is 0.164 e. The van der Waals surface area contributed by atoms with Gasteiger partial charge in [0.1, 0.15) is 11.2 Å². The molecule has 9 aromatic carbocycles. The van der Waals surface area contributed by atoms with Crippen LogP contribution in [-0.2, 0) is 0 Å². The zero-order valence-electron chi connectivity index (χ0n) is 32.5. The van der Waals surface area contributed by atoms with Gasteiger partial charge in [-0.1, -0.05) is 158 Å². The number of rotatable bonds is 8. The van der Waals surface area contributed by atoms with Gasteiger partial charge in [0.2, 0.25) is 0 Å². The molecule has 0 atom stereocenters. The zero-order valence-corrected chi connectivity index (χ0v) is 32.5. The van der Waals surface area contributed by atoms with E-state index in [1.165, 1.54) is 11.1 Å². The summed E-state index contributed by atoms with van der Waals surface area (Å²) in [7, 11) is 0.